The molecule has 2 aromatic carbocycles. The number of hydrogen-bond acceptors (Lipinski definition) is 3. The van der Waals surface area contributed by atoms with Gasteiger partial charge in [0.2, 0.25) is 0 Å². The van der Waals surface area contributed by atoms with Crippen LogP contribution in [0, 0.1) is 5.82 Å². The molecule has 0 radical (unpaired) electrons. The Balaban J connectivity index is 2.09. The summed E-state index contributed by atoms with van der Waals surface area (Å²) in [7, 11) is 1.65. The molecule has 1 unspecified atom stereocenters. The van der Waals surface area contributed by atoms with Gasteiger partial charge in [0.1, 0.15) is 11.6 Å². The minimum atomic E-state index is -0.233. The minimum Gasteiger partial charge on any atom is -0.496 e. The largest absolute Gasteiger partial charge is 0.496 e. The first kappa shape index (κ1) is 16.2. The lowest BCUT2D eigenvalue weighted by Crippen LogP contribution is -2.45. The Hall–Kier alpha value is -1.62. The average Bonchev–Trinajstić information content (AvgIpc) is 2.56. The van der Waals surface area contributed by atoms with Crippen molar-refractivity contribution >= 4 is 11.6 Å². The van der Waals surface area contributed by atoms with Crippen LogP contribution < -0.4 is 10.1 Å². The van der Waals surface area contributed by atoms with Crippen molar-refractivity contribution in [3.05, 3.63) is 64.4 Å². The topological polar surface area (TPSA) is 24.5 Å². The van der Waals surface area contributed by atoms with Gasteiger partial charge in [0.05, 0.1) is 13.2 Å². The summed E-state index contributed by atoms with van der Waals surface area (Å²) < 4.78 is 19.3. The van der Waals surface area contributed by atoms with Gasteiger partial charge in [-0.1, -0.05) is 23.7 Å². The van der Waals surface area contributed by atoms with E-state index in [-0.39, 0.29) is 11.9 Å². The quantitative estimate of drug-likeness (QED) is 0.926. The summed E-state index contributed by atoms with van der Waals surface area (Å²) in [5.74, 6) is 0.533. The SMILES string of the molecule is COc1ccc(Cl)cc1C(c1cccc(F)c1)N1CCNCC1. The zero-order valence-corrected chi connectivity index (χ0v) is 13.8. The summed E-state index contributed by atoms with van der Waals surface area (Å²) in [5, 5.41) is 4.00. The van der Waals surface area contributed by atoms with Crippen LogP contribution in [0.3, 0.4) is 0 Å². The van der Waals surface area contributed by atoms with Crippen molar-refractivity contribution in [3.63, 3.8) is 0 Å². The molecule has 0 aromatic heterocycles. The second-order valence-electron chi connectivity index (χ2n) is 5.63. The molecule has 1 saturated heterocycles. The average molecular weight is 335 g/mol. The Bertz CT molecular complexity index is 674. The second-order valence-corrected chi connectivity index (χ2v) is 6.07. The van der Waals surface area contributed by atoms with E-state index in [0.29, 0.717) is 5.02 Å². The summed E-state index contributed by atoms with van der Waals surface area (Å²) >= 11 is 6.22. The van der Waals surface area contributed by atoms with Crippen molar-refractivity contribution in [3.8, 4) is 5.75 Å². The lowest BCUT2D eigenvalue weighted by molar-refractivity contribution is 0.195. The Morgan fingerprint density at radius 1 is 1.17 bits per heavy atom. The molecule has 1 aliphatic heterocycles. The molecule has 0 amide bonds. The highest BCUT2D eigenvalue weighted by Gasteiger charge is 2.27. The van der Waals surface area contributed by atoms with Crippen LogP contribution in [0.5, 0.6) is 5.75 Å². The standard InChI is InChI=1S/C18H20ClFN2O/c1-23-17-6-5-14(19)12-16(17)18(22-9-7-21-8-10-22)13-3-2-4-15(20)11-13/h2-6,11-12,18,21H,7-10H2,1H3. The van der Waals surface area contributed by atoms with Gasteiger partial charge in [-0.15, -0.1) is 0 Å². The summed E-state index contributed by atoms with van der Waals surface area (Å²) in [4.78, 5) is 2.33. The van der Waals surface area contributed by atoms with Crippen molar-refractivity contribution in [2.75, 3.05) is 33.3 Å². The Morgan fingerprint density at radius 3 is 2.65 bits per heavy atom. The Labute approximate surface area is 141 Å². The van der Waals surface area contributed by atoms with Crippen LogP contribution in [0.25, 0.3) is 0 Å². The van der Waals surface area contributed by atoms with Gasteiger partial charge < -0.3 is 10.1 Å². The summed E-state index contributed by atoms with van der Waals surface area (Å²) in [5.41, 5.74) is 1.87. The molecule has 1 fully saturated rings. The molecule has 122 valence electrons. The lowest BCUT2D eigenvalue weighted by atomic mass is 9.95. The van der Waals surface area contributed by atoms with Crippen LogP contribution >= 0.6 is 11.6 Å². The van der Waals surface area contributed by atoms with Gasteiger partial charge in [0.25, 0.3) is 0 Å². The first-order valence-corrected chi connectivity index (χ1v) is 8.10. The zero-order chi connectivity index (χ0) is 16.2. The molecule has 5 heteroatoms. The maximum absolute atomic E-state index is 13.8. The molecule has 0 bridgehead atoms. The van der Waals surface area contributed by atoms with Crippen LogP contribution in [0.15, 0.2) is 42.5 Å². The third kappa shape index (κ3) is 3.66. The predicted molar refractivity (Wildman–Crippen MR) is 90.7 cm³/mol. The molecule has 2 aromatic rings. The van der Waals surface area contributed by atoms with Crippen LogP contribution in [-0.2, 0) is 0 Å². The highest BCUT2D eigenvalue weighted by molar-refractivity contribution is 6.30. The first-order chi connectivity index (χ1) is 11.2. The fraction of sp³-hybridized carbons (Fsp3) is 0.333. The number of ether oxygens (including phenoxy) is 1. The smallest absolute Gasteiger partial charge is 0.124 e. The molecule has 3 rings (SSSR count). The molecule has 3 nitrogen and oxygen atoms in total. The fourth-order valence-electron chi connectivity index (χ4n) is 3.12. The third-order valence-corrected chi connectivity index (χ3v) is 4.40. The number of hydrogen-bond donors (Lipinski definition) is 1. The molecule has 0 aliphatic carbocycles. The second kappa shape index (κ2) is 7.30. The van der Waals surface area contributed by atoms with Crippen LogP contribution in [0.4, 0.5) is 4.39 Å². The highest BCUT2D eigenvalue weighted by Crippen LogP contribution is 2.36. The van der Waals surface area contributed by atoms with Gasteiger partial charge >= 0.3 is 0 Å². The van der Waals surface area contributed by atoms with Crippen molar-refractivity contribution < 1.29 is 9.13 Å². The molecule has 1 atom stereocenters. The van der Waals surface area contributed by atoms with Crippen LogP contribution in [0.1, 0.15) is 17.2 Å². The zero-order valence-electron chi connectivity index (χ0n) is 13.1. The van der Waals surface area contributed by atoms with E-state index in [1.807, 2.05) is 24.3 Å². The molecule has 1 N–H and O–H groups in total. The summed E-state index contributed by atoms with van der Waals surface area (Å²) in [6.45, 7) is 3.59. The number of nitrogens with one attached hydrogen (secondary N) is 1. The lowest BCUT2D eigenvalue weighted by Gasteiger charge is -2.36. The van der Waals surface area contributed by atoms with E-state index in [1.165, 1.54) is 6.07 Å². The van der Waals surface area contributed by atoms with Gasteiger partial charge in [-0.25, -0.2) is 4.39 Å². The van der Waals surface area contributed by atoms with E-state index in [2.05, 4.69) is 10.2 Å². The van der Waals surface area contributed by atoms with Crippen molar-refractivity contribution in [2.45, 2.75) is 6.04 Å². The van der Waals surface area contributed by atoms with Gasteiger partial charge in [-0.3, -0.25) is 4.90 Å². The van der Waals surface area contributed by atoms with Crippen molar-refractivity contribution in [1.29, 1.82) is 0 Å². The number of piperazine rings is 1. The van der Waals surface area contributed by atoms with Crippen molar-refractivity contribution in [1.82, 2.24) is 10.2 Å². The normalized spacial score (nSPS) is 17.0. The van der Waals surface area contributed by atoms with E-state index < -0.39 is 0 Å². The molecular formula is C18H20ClFN2O. The molecule has 1 heterocycles. The van der Waals surface area contributed by atoms with Gasteiger partial charge in [0, 0.05) is 36.8 Å². The maximum atomic E-state index is 13.8. The molecule has 1 aliphatic rings. The monoisotopic (exact) mass is 334 g/mol. The number of halogens is 2. The summed E-state index contributed by atoms with van der Waals surface area (Å²) in [6, 6.07) is 12.3. The third-order valence-electron chi connectivity index (χ3n) is 4.17. The van der Waals surface area contributed by atoms with Crippen LogP contribution in [0.2, 0.25) is 5.02 Å². The van der Waals surface area contributed by atoms with E-state index in [1.54, 1.807) is 19.2 Å². The van der Waals surface area contributed by atoms with E-state index in [0.717, 1.165) is 43.1 Å². The number of methoxy groups -OCH3 is 1. The predicted octanol–water partition coefficient (Wildman–Crippen LogP) is 3.48. The van der Waals surface area contributed by atoms with E-state index >= 15 is 0 Å². The number of benzene rings is 2. The van der Waals surface area contributed by atoms with Gasteiger partial charge in [-0.2, -0.15) is 0 Å². The first-order valence-electron chi connectivity index (χ1n) is 7.72. The summed E-state index contributed by atoms with van der Waals surface area (Å²) in [6.07, 6.45) is 0. The molecule has 23 heavy (non-hydrogen) atoms. The minimum absolute atomic E-state index is 0.0820. The maximum Gasteiger partial charge on any atom is 0.124 e. The van der Waals surface area contributed by atoms with Gasteiger partial charge in [0.15, 0.2) is 0 Å². The van der Waals surface area contributed by atoms with E-state index in [9.17, 15) is 4.39 Å². The molecule has 0 saturated carbocycles. The molecule has 0 spiro atoms. The molecular weight excluding hydrogens is 315 g/mol. The van der Waals surface area contributed by atoms with Crippen LogP contribution in [-0.4, -0.2) is 38.2 Å². The van der Waals surface area contributed by atoms with Gasteiger partial charge in [-0.05, 0) is 35.9 Å². The van der Waals surface area contributed by atoms with Crippen molar-refractivity contribution in [2.24, 2.45) is 0 Å². The fourth-order valence-corrected chi connectivity index (χ4v) is 3.30. The Kier molecular flexibility index (Phi) is 5.16. The highest BCUT2D eigenvalue weighted by atomic mass is 35.5. The number of nitrogens with zero attached hydrogens (tertiary/aromatic N) is 1. The Morgan fingerprint density at radius 2 is 1.96 bits per heavy atom. The number of rotatable bonds is 4. The van der Waals surface area contributed by atoms with E-state index in [4.69, 9.17) is 16.3 Å².